The van der Waals surface area contributed by atoms with E-state index in [-0.39, 0.29) is 11.3 Å². The van der Waals surface area contributed by atoms with Crippen molar-refractivity contribution >= 4 is 132 Å². The van der Waals surface area contributed by atoms with E-state index in [1.807, 2.05) is 0 Å². The number of aryl methyl sites for hydroxylation is 1. The van der Waals surface area contributed by atoms with Crippen LogP contribution in [-0.4, -0.2) is 16.1 Å². The molecule has 530 valence electrons. The summed E-state index contributed by atoms with van der Waals surface area (Å²) in [6.07, 6.45) is 27.2. The number of anilines is 4. The van der Waals surface area contributed by atoms with Crippen LogP contribution in [-0.2, 0) is 6.42 Å². The molecular formula is C104H84N2O2Si2. The fourth-order valence-electron chi connectivity index (χ4n) is 18.7. The third-order valence-electron chi connectivity index (χ3n) is 23.9. The lowest BCUT2D eigenvalue weighted by molar-refractivity contribution is 0.572. The minimum atomic E-state index is -2.83. The smallest absolute Gasteiger partial charge is 0.179 e. The maximum Gasteiger partial charge on any atom is 0.179 e. The molecule has 4 nitrogen and oxygen atoms in total. The number of allylic oxidation sites excluding steroid dienone is 9. The predicted octanol–water partition coefficient (Wildman–Crippen LogP) is 22.8. The number of hydrogen-bond acceptors (Lipinski definition) is 4. The van der Waals surface area contributed by atoms with Gasteiger partial charge in [-0.2, -0.15) is 0 Å². The lowest BCUT2D eigenvalue weighted by atomic mass is 9.66. The number of nitrogens with zero attached hydrogens (tertiary/aromatic N) is 2. The quantitative estimate of drug-likeness (QED) is 0.0633. The molecule has 0 radical (unpaired) electrons. The van der Waals surface area contributed by atoms with Crippen LogP contribution in [0.15, 0.2) is 391 Å². The molecule has 2 atom stereocenters. The Morgan fingerprint density at radius 3 is 1.60 bits per heavy atom. The molecule has 4 aliphatic carbocycles. The van der Waals surface area contributed by atoms with Crippen molar-refractivity contribution in [2.75, 3.05) is 9.80 Å². The van der Waals surface area contributed by atoms with Crippen LogP contribution in [0.4, 0.5) is 22.7 Å². The van der Waals surface area contributed by atoms with Crippen LogP contribution in [0.2, 0.25) is 5.54 Å². The first-order valence-electron chi connectivity index (χ1n) is 38.9. The van der Waals surface area contributed by atoms with E-state index in [9.17, 15) is 0 Å². The average Bonchev–Trinajstić information content (AvgIpc) is 0.999. The largest absolute Gasteiger partial charge is 0.454 e. The van der Waals surface area contributed by atoms with Gasteiger partial charge in [0.1, 0.15) is 11.2 Å². The number of fused-ring (bicyclic) bond motifs is 9. The molecule has 0 fully saturated rings. The Kier molecular flexibility index (Phi) is 17.4. The van der Waals surface area contributed by atoms with Gasteiger partial charge < -0.3 is 18.6 Å². The van der Waals surface area contributed by atoms with Crippen LogP contribution in [0.25, 0.3) is 78.6 Å². The normalized spacial score (nSPS) is 15.9. The summed E-state index contributed by atoms with van der Waals surface area (Å²) in [4.78, 5) is 4.97. The van der Waals surface area contributed by atoms with E-state index in [4.69, 9.17) is 15.4 Å². The summed E-state index contributed by atoms with van der Waals surface area (Å²) < 4.78 is 14.2. The summed E-state index contributed by atoms with van der Waals surface area (Å²) in [5, 5.41) is 12.9. The Balaban J connectivity index is 0.764. The van der Waals surface area contributed by atoms with Crippen molar-refractivity contribution in [3.63, 3.8) is 0 Å². The molecule has 0 spiro atoms. The van der Waals surface area contributed by atoms with Crippen molar-refractivity contribution in [3.05, 3.63) is 416 Å². The predicted molar refractivity (Wildman–Crippen MR) is 471 cm³/mol. The summed E-state index contributed by atoms with van der Waals surface area (Å²) in [5.41, 5.74) is 20.6. The molecule has 6 heteroatoms. The van der Waals surface area contributed by atoms with Gasteiger partial charge in [0.2, 0.25) is 0 Å². The van der Waals surface area contributed by atoms with E-state index in [0.29, 0.717) is 5.54 Å². The zero-order chi connectivity index (χ0) is 73.9. The highest BCUT2D eigenvalue weighted by Crippen LogP contribution is 2.56. The molecule has 19 rings (SSSR count). The summed E-state index contributed by atoms with van der Waals surface area (Å²) in [6.45, 7) is 11.8. The third-order valence-corrected chi connectivity index (χ3v) is 34.0. The van der Waals surface area contributed by atoms with Crippen LogP contribution in [0.3, 0.4) is 0 Å². The van der Waals surface area contributed by atoms with E-state index >= 15 is 0 Å². The molecule has 0 bridgehead atoms. The monoisotopic (exact) mass is 1450 g/mol. The van der Waals surface area contributed by atoms with E-state index in [2.05, 4.69) is 413 Å². The first-order chi connectivity index (χ1) is 54.2. The van der Waals surface area contributed by atoms with Gasteiger partial charge in [0.15, 0.2) is 27.5 Å². The highest BCUT2D eigenvalue weighted by molar-refractivity contribution is 7.20. The highest BCUT2D eigenvalue weighted by Gasteiger charge is 2.47. The second-order valence-electron chi connectivity index (χ2n) is 30.4. The summed E-state index contributed by atoms with van der Waals surface area (Å²) in [6, 6.07) is 120. The molecule has 0 aliphatic heterocycles. The fourth-order valence-corrected chi connectivity index (χ4v) is 28.9. The average molecular weight is 1450 g/mol. The number of furan rings is 2. The van der Waals surface area contributed by atoms with Gasteiger partial charge in [-0.1, -0.05) is 355 Å². The Morgan fingerprint density at radius 2 is 1.01 bits per heavy atom. The number of hydrogen-bond donors (Lipinski definition) is 0. The number of rotatable bonds is 18. The topological polar surface area (TPSA) is 32.8 Å². The minimum absolute atomic E-state index is 0.131. The van der Waals surface area contributed by atoms with Gasteiger partial charge in [0.05, 0.1) is 17.1 Å². The molecule has 0 N–H and O–H groups in total. The third kappa shape index (κ3) is 11.4. The van der Waals surface area contributed by atoms with Crippen molar-refractivity contribution in [2.45, 2.75) is 57.9 Å². The van der Waals surface area contributed by atoms with Crippen molar-refractivity contribution in [1.29, 1.82) is 0 Å². The van der Waals surface area contributed by atoms with Gasteiger partial charge in [0, 0.05) is 49.8 Å². The van der Waals surface area contributed by atoms with Crippen LogP contribution >= 0.6 is 0 Å². The zero-order valence-electron chi connectivity index (χ0n) is 62.3. The van der Waals surface area contributed by atoms with Gasteiger partial charge in [-0.3, -0.25) is 0 Å². The zero-order valence-corrected chi connectivity index (χ0v) is 64.3. The first-order valence-corrected chi connectivity index (χ1v) is 43.0. The van der Waals surface area contributed by atoms with Crippen LogP contribution < -0.4 is 46.1 Å². The van der Waals surface area contributed by atoms with Gasteiger partial charge in [-0.05, 0) is 173 Å². The highest BCUT2D eigenvalue weighted by atomic mass is 28.3. The first kappa shape index (κ1) is 68.0. The molecule has 0 saturated carbocycles. The van der Waals surface area contributed by atoms with E-state index in [1.54, 1.807) is 0 Å². The van der Waals surface area contributed by atoms with Crippen LogP contribution in [0.1, 0.15) is 79.5 Å². The van der Waals surface area contributed by atoms with Crippen LogP contribution in [0.5, 0.6) is 0 Å². The molecular weight excluding hydrogens is 1370 g/mol. The van der Waals surface area contributed by atoms with Crippen molar-refractivity contribution in [1.82, 2.24) is 0 Å². The Morgan fingerprint density at radius 1 is 0.482 bits per heavy atom. The summed E-state index contributed by atoms with van der Waals surface area (Å²) in [5.74, 6) is 1.05. The Labute approximate surface area is 647 Å². The molecule has 2 unspecified atom stereocenters. The maximum atomic E-state index is 7.10. The molecule has 0 amide bonds. The van der Waals surface area contributed by atoms with Crippen molar-refractivity contribution < 1.29 is 8.83 Å². The van der Waals surface area contributed by atoms with Crippen molar-refractivity contribution in [3.8, 4) is 22.3 Å². The van der Waals surface area contributed by atoms with Gasteiger partial charge in [-0.25, -0.2) is 0 Å². The fraction of sp³-hybridized carbons (Fsp3) is 0.0962. The standard InChI is InChI=1S/C104H84N2O2Si2/c1-5-88-94(72(2)3)71-98(106(97-53-31-51-92-90-49-25-27-55-100(90)108-103(92)97)78-62-58-74(59-63-78)76-33-29-47-87(69-76)110(83-40-18-9-19-41-83,84-42-20-10-21-43-84)85-44-22-11-23-45-85)93-65-67-104(4)66-64-79(70-95(104)101(88)93)105(96-52-30-50-91-89-48-24-26-54-99(89)107-102(91)96)77-60-56-73(57-61-77)75-32-28-46-86(68-75)109(80-34-12-6-13-35-80,81-36-14-7-15-37-81)82-38-16-8-17-39-82/h5-29,31-38,40-49,51-65,67-72,82H,1,30,39,50,66H2,2-4H3. The maximum absolute atomic E-state index is 7.10. The molecule has 110 heavy (non-hydrogen) atoms. The van der Waals surface area contributed by atoms with E-state index in [0.717, 1.165) is 115 Å². The molecule has 2 aromatic heterocycles. The van der Waals surface area contributed by atoms with Crippen molar-refractivity contribution in [2.24, 2.45) is 5.41 Å². The molecule has 13 aromatic carbocycles. The lowest BCUT2D eigenvalue weighted by Gasteiger charge is -2.41. The second kappa shape index (κ2) is 28.2. The summed E-state index contributed by atoms with van der Waals surface area (Å²) in [7, 11) is -5.50. The summed E-state index contributed by atoms with van der Waals surface area (Å²) >= 11 is 0. The SMILES string of the molecule is C=Cc1c(C(C)C)cc(N(c2ccc(-c3cccc([Si](c4ccccc4)(c4ccccc4)c4ccccc4)c3)cc2)c2cccc3c2oc2ccccc23)c2c1C1=CC(N(C3=CCCc4c3oc3ccccc43)c3ccc(-c4cccc([Si](c5ccccc5)(c5ccccc5)C5C=CC=CC5)c4)cc3)=CCC1(C)C=C2. The Hall–Kier alpha value is -12.6. The Bertz CT molecular complexity index is 6080. The number of para-hydroxylation sites is 3. The lowest BCUT2D eigenvalue weighted by Crippen LogP contribution is -2.74. The van der Waals surface area contributed by atoms with Crippen LogP contribution in [0, 0.1) is 5.41 Å². The number of benzene rings is 13. The molecule has 15 aromatic rings. The van der Waals surface area contributed by atoms with Gasteiger partial charge in [0.25, 0.3) is 0 Å². The van der Waals surface area contributed by atoms with Gasteiger partial charge >= 0.3 is 0 Å². The molecule has 0 saturated heterocycles. The molecule has 4 aliphatic rings. The minimum Gasteiger partial charge on any atom is -0.454 e. The van der Waals surface area contributed by atoms with E-state index < -0.39 is 16.1 Å². The van der Waals surface area contributed by atoms with E-state index in [1.165, 1.54) is 75.1 Å². The molecule has 2 heterocycles. The van der Waals surface area contributed by atoms with Gasteiger partial charge in [-0.15, -0.1) is 0 Å². The second-order valence-corrected chi connectivity index (χ2v) is 38.3.